The Kier molecular flexibility index (Phi) is 9.18. The molecule has 2 fully saturated rings. The van der Waals surface area contributed by atoms with Crippen molar-refractivity contribution in [3.63, 3.8) is 0 Å². The monoisotopic (exact) mass is 649 g/mol. The minimum atomic E-state index is -5.02. The second-order valence-electron chi connectivity index (χ2n) is 11.8. The maximum atomic E-state index is 15.2. The van der Waals surface area contributed by atoms with Crippen molar-refractivity contribution < 1.29 is 37.4 Å². The van der Waals surface area contributed by atoms with E-state index in [1.807, 2.05) is 0 Å². The van der Waals surface area contributed by atoms with Crippen molar-refractivity contribution >= 4 is 29.1 Å². The standard InChI is InChI=1S/C31H32ClF4N5O4/c32-21-4-6-23(39-15-21)26(43)28(45)41-16-29(17-42,31(34,35)36)14-25(41)27(44)40-24-13-20(3-5-22(24)33)30(37,10-7-18-1-2-18)19-8-11-38-12-9-19/h3-6,8-9,11-13,15,18,25-26,42-43H,1-2,7,10,14,16-17,37H2,(H,40,44)/t25-,26?,29+,30?/m1/s1. The van der Waals surface area contributed by atoms with Crippen LogP contribution in [0.2, 0.25) is 5.02 Å². The third-order valence-electron chi connectivity index (χ3n) is 8.77. The quantitative estimate of drug-likeness (QED) is 0.237. The Morgan fingerprint density at radius 2 is 1.84 bits per heavy atom. The van der Waals surface area contributed by atoms with Crippen molar-refractivity contribution in [2.24, 2.45) is 17.1 Å². The van der Waals surface area contributed by atoms with Gasteiger partial charge in [0.05, 0.1) is 28.5 Å². The maximum Gasteiger partial charge on any atom is 0.398 e. The summed E-state index contributed by atoms with van der Waals surface area (Å²) in [4.78, 5) is 35.4. The molecule has 1 aromatic carbocycles. The van der Waals surface area contributed by atoms with Crippen molar-refractivity contribution in [3.05, 3.63) is 88.7 Å². The number of pyridine rings is 2. The van der Waals surface area contributed by atoms with Crippen LogP contribution in [0.25, 0.3) is 0 Å². The molecule has 0 spiro atoms. The lowest BCUT2D eigenvalue weighted by molar-refractivity contribution is -0.230. The van der Waals surface area contributed by atoms with E-state index < -0.39 is 66.5 Å². The molecule has 1 saturated heterocycles. The van der Waals surface area contributed by atoms with Crippen LogP contribution in [-0.2, 0) is 15.1 Å². The van der Waals surface area contributed by atoms with E-state index in [1.54, 1.807) is 24.5 Å². The fraction of sp³-hybridized carbons (Fsp3) is 0.419. The Bertz CT molecular complexity index is 1540. The van der Waals surface area contributed by atoms with Crippen LogP contribution >= 0.6 is 11.6 Å². The first-order chi connectivity index (χ1) is 21.3. The number of hydrogen-bond donors (Lipinski definition) is 4. The highest BCUT2D eigenvalue weighted by atomic mass is 35.5. The third-order valence-corrected chi connectivity index (χ3v) is 8.99. The molecule has 3 aromatic rings. The number of likely N-dealkylation sites (tertiary alicyclic amines) is 1. The summed E-state index contributed by atoms with van der Waals surface area (Å²) in [7, 11) is 0. The SMILES string of the molecule is NC(CCC1CC1)(c1ccncc1)c1ccc(F)c(NC(=O)[C@H]2C[C@](CO)(C(F)(F)F)CN2C(=O)C(O)c2ccc(Cl)cn2)c1. The van der Waals surface area contributed by atoms with Gasteiger partial charge in [0, 0.05) is 25.1 Å². The van der Waals surface area contributed by atoms with Crippen LogP contribution in [0.4, 0.5) is 23.2 Å². The molecule has 4 atom stereocenters. The van der Waals surface area contributed by atoms with Crippen LogP contribution in [0.5, 0.6) is 0 Å². The summed E-state index contributed by atoms with van der Waals surface area (Å²) >= 11 is 5.81. The highest BCUT2D eigenvalue weighted by Crippen LogP contribution is 2.48. The molecular formula is C31H32ClF4N5O4. The maximum absolute atomic E-state index is 15.2. The third kappa shape index (κ3) is 6.67. The lowest BCUT2D eigenvalue weighted by atomic mass is 9.79. The molecular weight excluding hydrogens is 618 g/mol. The number of carbonyl (C=O) groups excluding carboxylic acids is 2. The number of aliphatic hydroxyl groups is 2. The second kappa shape index (κ2) is 12.6. The van der Waals surface area contributed by atoms with Gasteiger partial charge in [0.25, 0.3) is 5.91 Å². The van der Waals surface area contributed by atoms with Gasteiger partial charge in [-0.2, -0.15) is 13.2 Å². The van der Waals surface area contributed by atoms with E-state index in [9.17, 15) is 33.0 Å². The summed E-state index contributed by atoms with van der Waals surface area (Å²) < 4.78 is 57.8. The number of nitrogens with one attached hydrogen (secondary N) is 1. The highest BCUT2D eigenvalue weighted by Gasteiger charge is 2.63. The minimum Gasteiger partial charge on any atom is -0.395 e. The molecule has 2 aromatic heterocycles. The van der Waals surface area contributed by atoms with Crippen LogP contribution in [-0.4, -0.2) is 62.3 Å². The first-order valence-corrected chi connectivity index (χ1v) is 14.7. The van der Waals surface area contributed by atoms with Gasteiger partial charge in [-0.3, -0.25) is 19.6 Å². The number of carbonyl (C=O) groups is 2. The van der Waals surface area contributed by atoms with Crippen molar-refractivity contribution in [2.45, 2.75) is 56.0 Å². The van der Waals surface area contributed by atoms with E-state index in [-0.39, 0.29) is 16.4 Å². The van der Waals surface area contributed by atoms with E-state index >= 15 is 4.39 Å². The van der Waals surface area contributed by atoms with Gasteiger partial charge >= 0.3 is 6.18 Å². The van der Waals surface area contributed by atoms with Crippen LogP contribution in [0.3, 0.4) is 0 Å². The summed E-state index contributed by atoms with van der Waals surface area (Å²) in [5.74, 6) is -2.74. The molecule has 1 aliphatic carbocycles. The summed E-state index contributed by atoms with van der Waals surface area (Å²) in [6.45, 7) is -2.54. The van der Waals surface area contributed by atoms with Gasteiger partial charge in [-0.05, 0) is 72.7 Å². The number of halogens is 5. The molecule has 9 nitrogen and oxygen atoms in total. The lowest BCUT2D eigenvalue weighted by Crippen LogP contribution is -2.47. The topological polar surface area (TPSA) is 142 Å². The van der Waals surface area contributed by atoms with E-state index in [2.05, 4.69) is 15.3 Å². The molecule has 3 heterocycles. The fourth-order valence-electron chi connectivity index (χ4n) is 5.75. The Balaban J connectivity index is 1.46. The molecule has 240 valence electrons. The molecule has 2 unspecified atom stereocenters. The molecule has 45 heavy (non-hydrogen) atoms. The van der Waals surface area contributed by atoms with Gasteiger partial charge in [0.15, 0.2) is 6.10 Å². The normalized spacial score (nSPS) is 22.1. The van der Waals surface area contributed by atoms with Crippen LogP contribution in [0, 0.1) is 17.2 Å². The molecule has 0 radical (unpaired) electrons. The van der Waals surface area contributed by atoms with Crippen molar-refractivity contribution in [1.29, 1.82) is 0 Å². The number of nitrogens with zero attached hydrogens (tertiary/aromatic N) is 3. The van der Waals surface area contributed by atoms with Crippen molar-refractivity contribution in [2.75, 3.05) is 18.5 Å². The first-order valence-electron chi connectivity index (χ1n) is 14.4. The Morgan fingerprint density at radius 3 is 2.44 bits per heavy atom. The number of hydrogen-bond acceptors (Lipinski definition) is 7. The zero-order chi connectivity index (χ0) is 32.6. The number of nitrogens with two attached hydrogens (primary N) is 1. The largest absolute Gasteiger partial charge is 0.398 e. The predicted octanol–water partition coefficient (Wildman–Crippen LogP) is 4.48. The number of aliphatic hydroxyl groups excluding tert-OH is 2. The number of amides is 2. The molecule has 1 aliphatic heterocycles. The predicted molar refractivity (Wildman–Crippen MR) is 156 cm³/mol. The average Bonchev–Trinajstić information content (AvgIpc) is 3.77. The van der Waals surface area contributed by atoms with E-state index in [0.717, 1.165) is 31.5 Å². The van der Waals surface area contributed by atoms with Crippen LogP contribution < -0.4 is 11.1 Å². The number of alkyl halides is 3. The number of benzene rings is 1. The van der Waals surface area contributed by atoms with Crippen LogP contribution in [0.1, 0.15) is 55.0 Å². The van der Waals surface area contributed by atoms with Gasteiger partial charge in [0.1, 0.15) is 17.3 Å². The van der Waals surface area contributed by atoms with E-state index in [4.69, 9.17) is 17.3 Å². The zero-order valence-corrected chi connectivity index (χ0v) is 24.7. The van der Waals surface area contributed by atoms with Gasteiger partial charge in [0.2, 0.25) is 5.91 Å². The highest BCUT2D eigenvalue weighted by molar-refractivity contribution is 6.30. The van der Waals surface area contributed by atoms with Crippen molar-refractivity contribution in [3.8, 4) is 0 Å². The Hall–Kier alpha value is -3.65. The van der Waals surface area contributed by atoms with Crippen molar-refractivity contribution in [1.82, 2.24) is 14.9 Å². The molecule has 2 amide bonds. The molecule has 2 aliphatic rings. The van der Waals surface area contributed by atoms with Gasteiger partial charge in [-0.1, -0.05) is 30.5 Å². The number of rotatable bonds is 10. The first kappa shape index (κ1) is 32.7. The summed E-state index contributed by atoms with van der Waals surface area (Å²) in [5, 5.41) is 23.1. The molecule has 14 heteroatoms. The smallest absolute Gasteiger partial charge is 0.395 e. The summed E-state index contributed by atoms with van der Waals surface area (Å²) in [6.07, 6.45) is -0.296. The zero-order valence-electron chi connectivity index (χ0n) is 24.0. The Morgan fingerprint density at radius 1 is 1.13 bits per heavy atom. The lowest BCUT2D eigenvalue weighted by Gasteiger charge is -2.31. The van der Waals surface area contributed by atoms with E-state index in [1.165, 1.54) is 24.3 Å². The molecule has 5 rings (SSSR count). The van der Waals surface area contributed by atoms with Gasteiger partial charge in [-0.15, -0.1) is 0 Å². The molecule has 1 saturated carbocycles. The number of anilines is 1. The second-order valence-corrected chi connectivity index (χ2v) is 12.2. The Labute approximate surface area is 261 Å². The summed E-state index contributed by atoms with van der Waals surface area (Å²) in [6, 6.07) is 8.11. The number of aromatic nitrogens is 2. The minimum absolute atomic E-state index is 0.190. The fourth-order valence-corrected chi connectivity index (χ4v) is 5.86. The van der Waals surface area contributed by atoms with Crippen LogP contribution in [0.15, 0.2) is 61.1 Å². The molecule has 5 N–H and O–H groups in total. The average molecular weight is 650 g/mol. The van der Waals surface area contributed by atoms with Gasteiger partial charge < -0.3 is 26.2 Å². The summed E-state index contributed by atoms with van der Waals surface area (Å²) in [5.41, 5.74) is 3.58. The van der Waals surface area contributed by atoms with E-state index in [0.29, 0.717) is 28.4 Å². The van der Waals surface area contributed by atoms with Gasteiger partial charge in [-0.25, -0.2) is 4.39 Å². The molecule has 0 bridgehead atoms.